The molecule has 0 bridgehead atoms. The van der Waals surface area contributed by atoms with Crippen LogP contribution >= 0.6 is 11.3 Å². The first-order valence-electron chi connectivity index (χ1n) is 9.46. The molecule has 0 aliphatic carbocycles. The van der Waals surface area contributed by atoms with Gasteiger partial charge in [0, 0.05) is 42.7 Å². The van der Waals surface area contributed by atoms with Crippen LogP contribution in [-0.2, 0) is 6.54 Å². The molecule has 146 valence electrons. The van der Waals surface area contributed by atoms with Gasteiger partial charge in [0.05, 0.1) is 22.9 Å². The number of carbonyl (C=O) groups excluding carboxylic acids is 1. The SMILES string of the molecule is Cc1nc(-c2cccc(C(=O)N3CCN(Cc4nc(C)c(C)o4)CC3)c2)cs1. The maximum Gasteiger partial charge on any atom is 0.253 e. The zero-order chi connectivity index (χ0) is 19.7. The molecule has 0 spiro atoms. The molecule has 1 amide bonds. The van der Waals surface area contributed by atoms with Crippen LogP contribution in [-0.4, -0.2) is 51.9 Å². The molecule has 1 fully saturated rings. The molecule has 1 aromatic carbocycles. The van der Waals surface area contributed by atoms with Gasteiger partial charge in [0.15, 0.2) is 0 Å². The van der Waals surface area contributed by atoms with Crippen LogP contribution in [0.5, 0.6) is 0 Å². The van der Waals surface area contributed by atoms with Crippen LogP contribution in [0.2, 0.25) is 0 Å². The Balaban J connectivity index is 1.38. The lowest BCUT2D eigenvalue weighted by Gasteiger charge is -2.34. The van der Waals surface area contributed by atoms with Crippen LogP contribution in [0, 0.1) is 20.8 Å². The van der Waals surface area contributed by atoms with Gasteiger partial charge in [0.1, 0.15) is 5.76 Å². The number of aromatic nitrogens is 2. The van der Waals surface area contributed by atoms with Crippen LogP contribution < -0.4 is 0 Å². The first-order chi connectivity index (χ1) is 13.5. The van der Waals surface area contributed by atoms with Crippen molar-refractivity contribution in [3.05, 3.63) is 57.6 Å². The summed E-state index contributed by atoms with van der Waals surface area (Å²) < 4.78 is 5.68. The van der Waals surface area contributed by atoms with E-state index >= 15 is 0 Å². The second kappa shape index (κ2) is 7.85. The third-order valence-corrected chi connectivity index (χ3v) is 5.89. The van der Waals surface area contributed by atoms with Crippen LogP contribution in [0.25, 0.3) is 11.3 Å². The highest BCUT2D eigenvalue weighted by Crippen LogP contribution is 2.23. The molecule has 0 radical (unpaired) electrons. The van der Waals surface area contributed by atoms with E-state index in [0.29, 0.717) is 19.6 Å². The molecule has 4 rings (SSSR count). The van der Waals surface area contributed by atoms with Crippen molar-refractivity contribution in [3.8, 4) is 11.3 Å². The summed E-state index contributed by atoms with van der Waals surface area (Å²) in [6.45, 7) is 9.62. The van der Waals surface area contributed by atoms with Crippen molar-refractivity contribution in [2.24, 2.45) is 0 Å². The molecule has 2 aromatic heterocycles. The van der Waals surface area contributed by atoms with Crippen LogP contribution in [0.3, 0.4) is 0 Å². The van der Waals surface area contributed by atoms with E-state index in [-0.39, 0.29) is 5.91 Å². The molecule has 3 heterocycles. The molecule has 1 aliphatic heterocycles. The van der Waals surface area contributed by atoms with Gasteiger partial charge in [-0.25, -0.2) is 9.97 Å². The number of hydrogen-bond donors (Lipinski definition) is 0. The van der Waals surface area contributed by atoms with E-state index in [1.807, 2.05) is 55.3 Å². The number of aryl methyl sites for hydroxylation is 3. The number of hydrogen-bond acceptors (Lipinski definition) is 6. The Hall–Kier alpha value is -2.51. The van der Waals surface area contributed by atoms with E-state index in [4.69, 9.17) is 4.42 Å². The van der Waals surface area contributed by atoms with Crippen molar-refractivity contribution in [2.75, 3.05) is 26.2 Å². The van der Waals surface area contributed by atoms with Crippen molar-refractivity contribution >= 4 is 17.2 Å². The minimum absolute atomic E-state index is 0.0799. The smallest absolute Gasteiger partial charge is 0.253 e. The summed E-state index contributed by atoms with van der Waals surface area (Å²) in [7, 11) is 0. The summed E-state index contributed by atoms with van der Waals surface area (Å²) in [5.74, 6) is 1.70. The van der Waals surface area contributed by atoms with Gasteiger partial charge in [-0.05, 0) is 32.9 Å². The standard InChI is InChI=1S/C21H24N4O2S/c1-14-15(2)27-20(22-14)12-24-7-9-25(10-8-24)21(26)18-6-4-5-17(11-18)19-13-28-16(3)23-19/h4-6,11,13H,7-10,12H2,1-3H3. The summed E-state index contributed by atoms with van der Waals surface area (Å²) >= 11 is 1.62. The number of piperazine rings is 1. The lowest BCUT2D eigenvalue weighted by Crippen LogP contribution is -2.48. The average molecular weight is 397 g/mol. The van der Waals surface area contributed by atoms with E-state index in [2.05, 4.69) is 14.9 Å². The zero-order valence-corrected chi connectivity index (χ0v) is 17.3. The summed E-state index contributed by atoms with van der Waals surface area (Å²) in [5.41, 5.74) is 3.58. The average Bonchev–Trinajstić information content (AvgIpc) is 3.27. The Bertz CT molecular complexity index is 966. The molecular formula is C21H24N4O2S. The van der Waals surface area contributed by atoms with Crippen molar-refractivity contribution in [3.63, 3.8) is 0 Å². The highest BCUT2D eigenvalue weighted by molar-refractivity contribution is 7.09. The molecule has 28 heavy (non-hydrogen) atoms. The maximum atomic E-state index is 13.0. The van der Waals surface area contributed by atoms with Gasteiger partial charge in [-0.3, -0.25) is 9.69 Å². The van der Waals surface area contributed by atoms with Gasteiger partial charge in [-0.15, -0.1) is 11.3 Å². The molecule has 0 atom stereocenters. The quantitative estimate of drug-likeness (QED) is 0.673. The van der Waals surface area contributed by atoms with Gasteiger partial charge in [0.25, 0.3) is 5.91 Å². The van der Waals surface area contributed by atoms with E-state index < -0.39 is 0 Å². The summed E-state index contributed by atoms with van der Waals surface area (Å²) in [5, 5.41) is 3.06. The summed E-state index contributed by atoms with van der Waals surface area (Å²) in [6, 6.07) is 7.77. The van der Waals surface area contributed by atoms with Crippen molar-refractivity contribution in [1.29, 1.82) is 0 Å². The van der Waals surface area contributed by atoms with Crippen LogP contribution in [0.15, 0.2) is 34.1 Å². The summed E-state index contributed by atoms with van der Waals surface area (Å²) in [4.78, 5) is 26.1. The Labute approximate surface area is 168 Å². The third-order valence-electron chi connectivity index (χ3n) is 5.12. The minimum atomic E-state index is 0.0799. The van der Waals surface area contributed by atoms with Crippen molar-refractivity contribution in [1.82, 2.24) is 19.8 Å². The molecule has 6 nitrogen and oxygen atoms in total. The normalized spacial score (nSPS) is 15.2. The number of oxazole rings is 1. The minimum Gasteiger partial charge on any atom is -0.444 e. The lowest BCUT2D eigenvalue weighted by atomic mass is 10.1. The monoisotopic (exact) mass is 396 g/mol. The fraction of sp³-hybridized carbons (Fsp3) is 0.381. The Morgan fingerprint density at radius 1 is 1.14 bits per heavy atom. The highest BCUT2D eigenvalue weighted by atomic mass is 32.1. The number of carbonyl (C=O) groups is 1. The van der Waals surface area contributed by atoms with Crippen LogP contribution in [0.1, 0.15) is 32.7 Å². The van der Waals surface area contributed by atoms with Gasteiger partial charge < -0.3 is 9.32 Å². The van der Waals surface area contributed by atoms with Crippen LogP contribution in [0.4, 0.5) is 0 Å². The Morgan fingerprint density at radius 2 is 1.93 bits per heavy atom. The van der Waals surface area contributed by atoms with Gasteiger partial charge in [-0.1, -0.05) is 12.1 Å². The van der Waals surface area contributed by atoms with E-state index in [1.165, 1.54) is 0 Å². The molecule has 7 heteroatoms. The zero-order valence-electron chi connectivity index (χ0n) is 16.4. The predicted octanol–water partition coefficient (Wildman–Crippen LogP) is 3.68. The first kappa shape index (κ1) is 18.8. The number of rotatable bonds is 4. The molecule has 0 unspecified atom stereocenters. The van der Waals surface area contributed by atoms with Gasteiger partial charge in [-0.2, -0.15) is 0 Å². The number of amides is 1. The number of benzene rings is 1. The van der Waals surface area contributed by atoms with Gasteiger partial charge in [0.2, 0.25) is 5.89 Å². The number of thiazole rings is 1. The van der Waals surface area contributed by atoms with Crippen molar-refractivity contribution < 1.29 is 9.21 Å². The Kier molecular flexibility index (Phi) is 5.28. The maximum absolute atomic E-state index is 13.0. The van der Waals surface area contributed by atoms with Crippen molar-refractivity contribution in [2.45, 2.75) is 27.3 Å². The topological polar surface area (TPSA) is 62.5 Å². The molecule has 1 aliphatic rings. The highest BCUT2D eigenvalue weighted by Gasteiger charge is 2.23. The second-order valence-electron chi connectivity index (χ2n) is 7.15. The van der Waals surface area contributed by atoms with E-state index in [9.17, 15) is 4.79 Å². The lowest BCUT2D eigenvalue weighted by molar-refractivity contribution is 0.0618. The predicted molar refractivity (Wildman–Crippen MR) is 109 cm³/mol. The largest absolute Gasteiger partial charge is 0.444 e. The fourth-order valence-corrected chi connectivity index (χ4v) is 4.02. The molecule has 0 N–H and O–H groups in total. The van der Waals surface area contributed by atoms with E-state index in [0.717, 1.165) is 52.3 Å². The molecule has 0 saturated carbocycles. The Morgan fingerprint density at radius 3 is 2.57 bits per heavy atom. The number of nitrogens with zero attached hydrogens (tertiary/aromatic N) is 4. The third kappa shape index (κ3) is 4.00. The first-order valence-corrected chi connectivity index (χ1v) is 10.3. The van der Waals surface area contributed by atoms with Gasteiger partial charge >= 0.3 is 0 Å². The molecule has 3 aromatic rings. The second-order valence-corrected chi connectivity index (χ2v) is 8.21. The molecular weight excluding hydrogens is 372 g/mol. The molecule has 1 saturated heterocycles. The summed E-state index contributed by atoms with van der Waals surface area (Å²) in [6.07, 6.45) is 0. The van der Waals surface area contributed by atoms with E-state index in [1.54, 1.807) is 11.3 Å². The fourth-order valence-electron chi connectivity index (χ4n) is 3.40.